The van der Waals surface area contributed by atoms with E-state index in [4.69, 9.17) is 42.3 Å². The van der Waals surface area contributed by atoms with Crippen LogP contribution >= 0.6 is 0 Å². The molecule has 5 atom stereocenters. The number of aryl methyl sites for hydroxylation is 2. The van der Waals surface area contributed by atoms with E-state index in [1.807, 2.05) is 6.92 Å². The molecule has 0 unspecified atom stereocenters. The smallest absolute Gasteiger partial charge is 0.303 e. The lowest BCUT2D eigenvalue weighted by atomic mass is 9.97. The summed E-state index contributed by atoms with van der Waals surface area (Å²) in [7, 11) is 0. The van der Waals surface area contributed by atoms with Crippen molar-refractivity contribution in [3.8, 4) is 28.4 Å². The van der Waals surface area contributed by atoms with Crippen molar-refractivity contribution in [2.75, 3.05) is 13.4 Å². The Morgan fingerprint density at radius 1 is 0.830 bits per heavy atom. The highest BCUT2D eigenvalue weighted by Crippen LogP contribution is 2.38. The van der Waals surface area contributed by atoms with Gasteiger partial charge in [0.2, 0.25) is 24.6 Å². The van der Waals surface area contributed by atoms with Gasteiger partial charge in [0.05, 0.1) is 10.9 Å². The fourth-order valence-corrected chi connectivity index (χ4v) is 5.56. The Morgan fingerprint density at radius 3 is 2.15 bits per heavy atom. The lowest BCUT2D eigenvalue weighted by Gasteiger charge is -2.44. The first-order valence-electron chi connectivity index (χ1n) is 14.8. The van der Waals surface area contributed by atoms with Crippen molar-refractivity contribution in [2.45, 2.75) is 78.7 Å². The molecule has 0 amide bonds. The summed E-state index contributed by atoms with van der Waals surface area (Å²) in [6.45, 7) is 7.76. The minimum Gasteiger partial charge on any atom is -0.463 e. The number of hydrogen-bond donors (Lipinski definition) is 0. The van der Waals surface area contributed by atoms with Gasteiger partial charge in [-0.15, -0.1) is 0 Å². The van der Waals surface area contributed by atoms with E-state index >= 15 is 0 Å². The molecule has 2 aliphatic heterocycles. The van der Waals surface area contributed by atoms with E-state index in [0.717, 1.165) is 20.8 Å². The molecular formula is C33H34O14. The van der Waals surface area contributed by atoms with Crippen LogP contribution in [0.1, 0.15) is 45.9 Å². The molecule has 14 heteroatoms. The summed E-state index contributed by atoms with van der Waals surface area (Å²) < 4.78 is 50.9. The molecule has 2 aromatic carbocycles. The van der Waals surface area contributed by atoms with E-state index in [1.54, 1.807) is 31.2 Å². The van der Waals surface area contributed by atoms with Crippen LogP contribution in [0.3, 0.4) is 0 Å². The minimum atomic E-state index is -1.46. The monoisotopic (exact) mass is 654 g/mol. The number of fused-ring (bicyclic) bond motifs is 2. The van der Waals surface area contributed by atoms with Crippen molar-refractivity contribution in [2.24, 2.45) is 0 Å². The fourth-order valence-electron chi connectivity index (χ4n) is 5.56. The molecule has 3 heterocycles. The van der Waals surface area contributed by atoms with Crippen LogP contribution in [-0.2, 0) is 49.3 Å². The molecule has 0 bridgehead atoms. The molecule has 1 saturated heterocycles. The lowest BCUT2D eigenvalue weighted by molar-refractivity contribution is -0.288. The maximum atomic E-state index is 13.8. The van der Waals surface area contributed by atoms with E-state index < -0.39 is 61.2 Å². The Kier molecular flexibility index (Phi) is 9.70. The van der Waals surface area contributed by atoms with Crippen molar-refractivity contribution < 1.29 is 61.5 Å². The van der Waals surface area contributed by atoms with Gasteiger partial charge < -0.3 is 42.3 Å². The number of ether oxygens (including phenoxy) is 8. The number of rotatable bonds is 9. The summed E-state index contributed by atoms with van der Waals surface area (Å²) >= 11 is 0. The zero-order valence-corrected chi connectivity index (χ0v) is 26.6. The molecule has 250 valence electrons. The van der Waals surface area contributed by atoms with Crippen LogP contribution in [0.2, 0.25) is 0 Å². The number of carbonyl (C=O) groups excluding carboxylic acids is 4. The molecule has 0 aliphatic carbocycles. The molecule has 1 fully saturated rings. The third-order valence-corrected chi connectivity index (χ3v) is 7.48. The SMILES string of the molecule is CCc1cc2c(=O)c(-c3ccc4c(c3)OCO4)c(C)oc2cc1O[C@H]1O[C@@H](COC(C)=O)[C@@H](OC(C)=O)[C@@H](OC(C)=O)[C@@H]1OC(C)=O. The highest BCUT2D eigenvalue weighted by atomic mass is 16.7. The number of carbonyl (C=O) groups is 4. The summed E-state index contributed by atoms with van der Waals surface area (Å²) in [6, 6.07) is 8.35. The van der Waals surface area contributed by atoms with Gasteiger partial charge in [0.15, 0.2) is 23.7 Å². The average Bonchev–Trinajstić information content (AvgIpc) is 3.46. The molecule has 0 radical (unpaired) electrons. The Labute approximate surface area is 268 Å². The maximum Gasteiger partial charge on any atom is 0.303 e. The number of esters is 4. The summed E-state index contributed by atoms with van der Waals surface area (Å²) in [5.74, 6) is -1.30. The van der Waals surface area contributed by atoms with Crippen molar-refractivity contribution in [3.05, 3.63) is 51.9 Å². The predicted molar refractivity (Wildman–Crippen MR) is 161 cm³/mol. The van der Waals surface area contributed by atoms with Crippen molar-refractivity contribution in [3.63, 3.8) is 0 Å². The van der Waals surface area contributed by atoms with E-state index in [1.165, 1.54) is 13.0 Å². The van der Waals surface area contributed by atoms with Gasteiger partial charge in [0.1, 0.15) is 29.8 Å². The number of hydrogen-bond acceptors (Lipinski definition) is 14. The third kappa shape index (κ3) is 7.17. The zero-order chi connectivity index (χ0) is 34.0. The van der Waals surface area contributed by atoms with E-state index in [9.17, 15) is 24.0 Å². The molecule has 0 spiro atoms. The second-order valence-electron chi connectivity index (χ2n) is 10.9. The largest absolute Gasteiger partial charge is 0.463 e. The molecular weight excluding hydrogens is 620 g/mol. The molecule has 3 aromatic rings. The van der Waals surface area contributed by atoms with E-state index in [-0.39, 0.29) is 28.9 Å². The molecule has 2 aliphatic rings. The first-order valence-corrected chi connectivity index (χ1v) is 14.8. The van der Waals surface area contributed by atoms with Crippen LogP contribution in [-0.4, -0.2) is 68.0 Å². The fraction of sp³-hybridized carbons (Fsp3) is 0.424. The standard InChI is InChI=1S/C33H34O14/c1-7-20-10-22-25(42-15(2)28(29(22)38)21-8-9-23-26(11-21)41-14-40-23)12-24(20)46-33-32(45-19(6)37)31(44-18(5)36)30(43-17(4)35)27(47-33)13-39-16(3)34/h8-12,27,30-33H,7,13-14H2,1-6H3/t27-,30+,31+,32-,33-/m0/s1. The molecule has 1 aromatic heterocycles. The quantitative estimate of drug-likeness (QED) is 0.242. The molecule has 14 nitrogen and oxygen atoms in total. The van der Waals surface area contributed by atoms with Gasteiger partial charge in [0.25, 0.3) is 0 Å². The topological polar surface area (TPSA) is 172 Å². The van der Waals surface area contributed by atoms with Gasteiger partial charge in [0, 0.05) is 33.8 Å². The van der Waals surface area contributed by atoms with Crippen LogP contribution in [0.5, 0.6) is 17.2 Å². The Morgan fingerprint density at radius 2 is 1.49 bits per heavy atom. The third-order valence-electron chi connectivity index (χ3n) is 7.48. The Balaban J connectivity index is 1.56. The minimum absolute atomic E-state index is 0.0896. The van der Waals surface area contributed by atoms with Crippen LogP contribution in [0.4, 0.5) is 0 Å². The zero-order valence-electron chi connectivity index (χ0n) is 26.6. The van der Waals surface area contributed by atoms with Gasteiger partial charge in [-0.2, -0.15) is 0 Å². The van der Waals surface area contributed by atoms with Crippen molar-refractivity contribution >= 4 is 34.8 Å². The second-order valence-corrected chi connectivity index (χ2v) is 10.9. The van der Waals surface area contributed by atoms with Crippen LogP contribution in [0.25, 0.3) is 22.1 Å². The van der Waals surface area contributed by atoms with Crippen LogP contribution < -0.4 is 19.6 Å². The Bertz CT molecular complexity index is 1780. The van der Waals surface area contributed by atoms with Crippen LogP contribution in [0.15, 0.2) is 39.5 Å². The molecule has 0 N–H and O–H groups in total. The first-order chi connectivity index (χ1) is 22.4. The van der Waals surface area contributed by atoms with E-state index in [2.05, 4.69) is 0 Å². The summed E-state index contributed by atoms with van der Waals surface area (Å²) in [4.78, 5) is 62.0. The van der Waals surface area contributed by atoms with E-state index in [0.29, 0.717) is 40.4 Å². The van der Waals surface area contributed by atoms with Gasteiger partial charge in [-0.3, -0.25) is 24.0 Å². The summed E-state index contributed by atoms with van der Waals surface area (Å²) in [5.41, 5.74) is 1.44. The lowest BCUT2D eigenvalue weighted by Crippen LogP contribution is -2.63. The van der Waals surface area contributed by atoms with Gasteiger partial charge in [-0.25, -0.2) is 0 Å². The van der Waals surface area contributed by atoms with Gasteiger partial charge >= 0.3 is 23.9 Å². The predicted octanol–water partition coefficient (Wildman–Crippen LogP) is 3.52. The molecule has 47 heavy (non-hydrogen) atoms. The normalized spacial score (nSPS) is 21.5. The first kappa shape index (κ1) is 33.3. The highest BCUT2D eigenvalue weighted by Gasteiger charge is 2.53. The van der Waals surface area contributed by atoms with Crippen LogP contribution in [0, 0.1) is 6.92 Å². The summed E-state index contributed by atoms with van der Waals surface area (Å²) in [6.07, 6.45) is -6.44. The highest BCUT2D eigenvalue weighted by molar-refractivity contribution is 5.85. The second kappa shape index (κ2) is 13.7. The van der Waals surface area contributed by atoms with Gasteiger partial charge in [-0.05, 0) is 42.7 Å². The molecule has 5 rings (SSSR count). The van der Waals surface area contributed by atoms with Crippen molar-refractivity contribution in [1.29, 1.82) is 0 Å². The Hall–Kier alpha value is -5.11. The summed E-state index contributed by atoms with van der Waals surface area (Å²) in [5, 5.41) is 0.286. The number of benzene rings is 2. The molecule has 0 saturated carbocycles. The maximum absolute atomic E-state index is 13.8. The average molecular weight is 655 g/mol. The van der Waals surface area contributed by atoms with Crippen molar-refractivity contribution in [1.82, 2.24) is 0 Å². The van der Waals surface area contributed by atoms with Gasteiger partial charge in [-0.1, -0.05) is 13.0 Å².